The predicted molar refractivity (Wildman–Crippen MR) is 73.3 cm³/mol. The molecule has 0 unspecified atom stereocenters. The first-order valence-corrected chi connectivity index (χ1v) is 6.27. The second kappa shape index (κ2) is 7.49. The van der Waals surface area contributed by atoms with Gasteiger partial charge in [-0.2, -0.15) is 0 Å². The smallest absolute Gasteiger partial charge is 0.324 e. The summed E-state index contributed by atoms with van der Waals surface area (Å²) in [5.74, 6) is -1.70. The van der Waals surface area contributed by atoms with E-state index in [-0.39, 0.29) is 12.8 Å². The van der Waals surface area contributed by atoms with E-state index in [0.29, 0.717) is 11.6 Å². The molecule has 0 aliphatic rings. The normalized spacial score (nSPS) is 9.90. The Morgan fingerprint density at radius 3 is 2.60 bits per heavy atom. The summed E-state index contributed by atoms with van der Waals surface area (Å²) in [4.78, 5) is 34.6. The Hall–Kier alpha value is -2.08. The van der Waals surface area contributed by atoms with Gasteiger partial charge in [-0.25, -0.2) is 4.79 Å². The maximum atomic E-state index is 11.7. The van der Waals surface area contributed by atoms with Gasteiger partial charge in [0.1, 0.15) is 0 Å². The standard InChI is InChI=1S/C13H15ClN2O4/c1-16(8-9-3-2-4-10(14)7-9)13(20)15-11(17)5-6-12(18)19/h2-4,7H,5-6,8H2,1H3,(H,18,19)(H,15,17,20). The highest BCUT2D eigenvalue weighted by atomic mass is 35.5. The third kappa shape index (κ3) is 5.71. The molecule has 0 fully saturated rings. The third-order valence-corrected chi connectivity index (χ3v) is 2.70. The van der Waals surface area contributed by atoms with Crippen LogP contribution < -0.4 is 5.32 Å². The highest BCUT2D eigenvalue weighted by Crippen LogP contribution is 2.12. The van der Waals surface area contributed by atoms with Gasteiger partial charge in [0.05, 0.1) is 6.42 Å². The lowest BCUT2D eigenvalue weighted by Gasteiger charge is -2.17. The van der Waals surface area contributed by atoms with Crippen molar-refractivity contribution in [1.82, 2.24) is 10.2 Å². The Morgan fingerprint density at radius 1 is 1.30 bits per heavy atom. The van der Waals surface area contributed by atoms with Crippen LogP contribution in [0.25, 0.3) is 0 Å². The van der Waals surface area contributed by atoms with E-state index in [4.69, 9.17) is 16.7 Å². The van der Waals surface area contributed by atoms with E-state index < -0.39 is 17.9 Å². The first-order valence-electron chi connectivity index (χ1n) is 5.89. The number of hydrogen-bond donors (Lipinski definition) is 2. The highest BCUT2D eigenvalue weighted by Gasteiger charge is 2.13. The van der Waals surface area contributed by atoms with Gasteiger partial charge in [-0.15, -0.1) is 0 Å². The van der Waals surface area contributed by atoms with Crippen molar-refractivity contribution in [3.63, 3.8) is 0 Å². The summed E-state index contributed by atoms with van der Waals surface area (Å²) >= 11 is 5.83. The van der Waals surface area contributed by atoms with Gasteiger partial charge in [0.25, 0.3) is 0 Å². The van der Waals surface area contributed by atoms with Gasteiger partial charge < -0.3 is 10.0 Å². The molecule has 1 aromatic carbocycles. The topological polar surface area (TPSA) is 86.7 Å². The van der Waals surface area contributed by atoms with E-state index in [0.717, 1.165) is 5.56 Å². The largest absolute Gasteiger partial charge is 0.481 e. The number of carbonyl (C=O) groups excluding carboxylic acids is 2. The zero-order valence-electron chi connectivity index (χ0n) is 10.9. The number of urea groups is 1. The Labute approximate surface area is 121 Å². The molecule has 0 aromatic heterocycles. The molecule has 108 valence electrons. The number of rotatable bonds is 5. The number of halogens is 1. The van der Waals surface area contributed by atoms with Crippen LogP contribution in [0.5, 0.6) is 0 Å². The molecule has 0 atom stereocenters. The second-order valence-electron chi connectivity index (χ2n) is 4.23. The zero-order valence-corrected chi connectivity index (χ0v) is 11.7. The zero-order chi connectivity index (χ0) is 15.1. The molecular weight excluding hydrogens is 284 g/mol. The van der Waals surface area contributed by atoms with Crippen molar-refractivity contribution in [2.75, 3.05) is 7.05 Å². The van der Waals surface area contributed by atoms with Crippen molar-refractivity contribution in [1.29, 1.82) is 0 Å². The molecular formula is C13H15ClN2O4. The van der Waals surface area contributed by atoms with E-state index in [9.17, 15) is 14.4 Å². The molecule has 1 aromatic rings. The number of benzene rings is 1. The Morgan fingerprint density at radius 2 is 2.00 bits per heavy atom. The molecule has 0 bridgehead atoms. The molecule has 0 spiro atoms. The summed E-state index contributed by atoms with van der Waals surface area (Å²) < 4.78 is 0. The van der Waals surface area contributed by atoms with Gasteiger partial charge in [-0.3, -0.25) is 14.9 Å². The van der Waals surface area contributed by atoms with Crippen molar-refractivity contribution in [3.8, 4) is 0 Å². The van der Waals surface area contributed by atoms with Crippen LogP contribution in [0.4, 0.5) is 4.79 Å². The van der Waals surface area contributed by atoms with Crippen LogP contribution in [-0.2, 0) is 16.1 Å². The number of carboxylic acids is 1. The Kier molecular flexibility index (Phi) is 5.99. The summed E-state index contributed by atoms with van der Waals surface area (Å²) in [6.07, 6.45) is -0.538. The average molecular weight is 299 g/mol. The fourth-order valence-electron chi connectivity index (χ4n) is 1.48. The second-order valence-corrected chi connectivity index (χ2v) is 4.67. The van der Waals surface area contributed by atoms with E-state index in [1.165, 1.54) is 11.9 Å². The van der Waals surface area contributed by atoms with Crippen LogP contribution in [0.15, 0.2) is 24.3 Å². The van der Waals surface area contributed by atoms with Crippen molar-refractivity contribution >= 4 is 29.5 Å². The highest BCUT2D eigenvalue weighted by molar-refractivity contribution is 6.30. The SMILES string of the molecule is CN(Cc1cccc(Cl)c1)C(=O)NC(=O)CCC(=O)O. The maximum absolute atomic E-state index is 11.7. The first-order chi connectivity index (χ1) is 9.38. The molecule has 0 saturated heterocycles. The summed E-state index contributed by atoms with van der Waals surface area (Å²) in [6, 6.07) is 6.43. The van der Waals surface area contributed by atoms with Crippen molar-refractivity contribution in [2.45, 2.75) is 19.4 Å². The molecule has 2 N–H and O–H groups in total. The minimum Gasteiger partial charge on any atom is -0.481 e. The lowest BCUT2D eigenvalue weighted by Crippen LogP contribution is -2.40. The number of imide groups is 1. The lowest BCUT2D eigenvalue weighted by atomic mass is 10.2. The number of amides is 3. The van der Waals surface area contributed by atoms with Crippen LogP contribution in [0.3, 0.4) is 0 Å². The number of aliphatic carboxylic acids is 1. The molecule has 0 aliphatic carbocycles. The number of carbonyl (C=O) groups is 3. The van der Waals surface area contributed by atoms with Crippen molar-refractivity contribution in [2.24, 2.45) is 0 Å². The third-order valence-electron chi connectivity index (χ3n) is 2.47. The molecule has 0 saturated carbocycles. The van der Waals surface area contributed by atoms with Crippen LogP contribution in [-0.4, -0.2) is 35.0 Å². The lowest BCUT2D eigenvalue weighted by molar-refractivity contribution is -0.138. The summed E-state index contributed by atoms with van der Waals surface area (Å²) in [5, 5.41) is 11.1. The van der Waals surface area contributed by atoms with Gasteiger partial charge in [-0.1, -0.05) is 23.7 Å². The molecule has 1 rings (SSSR count). The fraction of sp³-hybridized carbons (Fsp3) is 0.308. The molecule has 20 heavy (non-hydrogen) atoms. The van der Waals surface area contributed by atoms with Crippen molar-refractivity contribution < 1.29 is 19.5 Å². The molecule has 7 heteroatoms. The van der Waals surface area contributed by atoms with Crippen LogP contribution in [0.1, 0.15) is 18.4 Å². The molecule has 0 heterocycles. The van der Waals surface area contributed by atoms with E-state index in [2.05, 4.69) is 5.32 Å². The van der Waals surface area contributed by atoms with Crippen LogP contribution >= 0.6 is 11.6 Å². The number of hydrogen-bond acceptors (Lipinski definition) is 3. The number of nitrogens with one attached hydrogen (secondary N) is 1. The van der Waals surface area contributed by atoms with Gasteiger partial charge in [0.2, 0.25) is 5.91 Å². The van der Waals surface area contributed by atoms with Crippen molar-refractivity contribution in [3.05, 3.63) is 34.9 Å². The molecule has 3 amide bonds. The van der Waals surface area contributed by atoms with Crippen LogP contribution in [0, 0.1) is 0 Å². The first kappa shape index (κ1) is 16.0. The number of nitrogens with zero attached hydrogens (tertiary/aromatic N) is 1. The minimum absolute atomic E-state index is 0.230. The van der Waals surface area contributed by atoms with Crippen LogP contribution in [0.2, 0.25) is 5.02 Å². The van der Waals surface area contributed by atoms with E-state index in [1.54, 1.807) is 18.2 Å². The number of carboxylic acid groups (broad SMARTS) is 1. The van der Waals surface area contributed by atoms with Gasteiger partial charge >= 0.3 is 12.0 Å². The van der Waals surface area contributed by atoms with E-state index >= 15 is 0 Å². The Bertz CT molecular complexity index is 519. The summed E-state index contributed by atoms with van der Waals surface area (Å²) in [7, 11) is 1.53. The minimum atomic E-state index is -1.08. The monoisotopic (exact) mass is 298 g/mol. The maximum Gasteiger partial charge on any atom is 0.324 e. The van der Waals surface area contributed by atoms with Gasteiger partial charge in [0.15, 0.2) is 0 Å². The summed E-state index contributed by atoms with van der Waals surface area (Å²) in [5.41, 5.74) is 0.827. The quantitative estimate of drug-likeness (QED) is 0.869. The Balaban J connectivity index is 2.46. The molecule has 0 radical (unpaired) electrons. The predicted octanol–water partition coefficient (Wildman–Crippen LogP) is 1.87. The average Bonchev–Trinajstić information content (AvgIpc) is 2.36. The molecule has 0 aliphatic heterocycles. The van der Waals surface area contributed by atoms with E-state index in [1.807, 2.05) is 6.07 Å². The van der Waals surface area contributed by atoms with Gasteiger partial charge in [-0.05, 0) is 17.7 Å². The summed E-state index contributed by atoms with van der Waals surface area (Å²) in [6.45, 7) is 0.290. The fourth-order valence-corrected chi connectivity index (χ4v) is 1.69. The van der Waals surface area contributed by atoms with Gasteiger partial charge in [0, 0.05) is 25.0 Å². The molecule has 6 nitrogen and oxygen atoms in total.